The monoisotopic (exact) mass is 386 g/mol. The molecule has 0 amide bonds. The molecule has 0 N–H and O–H groups in total. The molecule has 0 saturated carbocycles. The van der Waals surface area contributed by atoms with Gasteiger partial charge < -0.3 is 0 Å². The second-order valence-corrected chi connectivity index (χ2v) is 8.17. The summed E-state index contributed by atoms with van der Waals surface area (Å²) in [7, 11) is -4.19. The molecule has 0 spiro atoms. The van der Waals surface area contributed by atoms with Crippen LogP contribution < -0.4 is 0 Å². The van der Waals surface area contributed by atoms with E-state index in [0.29, 0.717) is 24.7 Å². The summed E-state index contributed by atoms with van der Waals surface area (Å²) in [5.41, 5.74) is 1.03. The van der Waals surface area contributed by atoms with Gasteiger partial charge in [-0.15, -0.1) is 0 Å². The first-order valence-electron chi connectivity index (χ1n) is 7.79. The summed E-state index contributed by atoms with van der Waals surface area (Å²) in [5.74, 6) is -2.14. The molecule has 2 aromatic rings. The third-order valence-electron chi connectivity index (χ3n) is 4.14. The average Bonchev–Trinajstić information content (AvgIpc) is 2.55. The van der Waals surface area contributed by atoms with Crippen LogP contribution in [0.5, 0.6) is 0 Å². The number of hydrogen-bond donors (Lipinski definition) is 0. The van der Waals surface area contributed by atoms with Gasteiger partial charge in [0.2, 0.25) is 10.0 Å². The number of piperazine rings is 1. The number of benzene rings is 2. The van der Waals surface area contributed by atoms with E-state index in [2.05, 4.69) is 4.90 Å². The SMILES string of the molecule is O=S(=O)(c1c(F)cccc1F)N1CCN(Cc2cccc(Cl)c2)CC1. The summed E-state index contributed by atoms with van der Waals surface area (Å²) in [5, 5.41) is 0.647. The maximum atomic E-state index is 13.8. The number of halogens is 3. The van der Waals surface area contributed by atoms with E-state index in [1.54, 1.807) is 6.07 Å². The van der Waals surface area contributed by atoms with Gasteiger partial charge in [0.25, 0.3) is 0 Å². The van der Waals surface area contributed by atoms with Gasteiger partial charge in [-0.1, -0.05) is 29.8 Å². The molecule has 1 fully saturated rings. The minimum absolute atomic E-state index is 0.177. The van der Waals surface area contributed by atoms with Crippen LogP contribution in [0.1, 0.15) is 5.56 Å². The van der Waals surface area contributed by atoms with Crippen molar-refractivity contribution in [2.45, 2.75) is 11.4 Å². The Morgan fingerprint density at radius 1 is 0.960 bits per heavy atom. The smallest absolute Gasteiger partial charge is 0.249 e. The number of hydrogen-bond acceptors (Lipinski definition) is 3. The van der Waals surface area contributed by atoms with Crippen LogP contribution in [-0.4, -0.2) is 43.8 Å². The van der Waals surface area contributed by atoms with E-state index >= 15 is 0 Å². The molecule has 0 unspecified atom stereocenters. The van der Waals surface area contributed by atoms with E-state index < -0.39 is 26.6 Å². The van der Waals surface area contributed by atoms with E-state index in [4.69, 9.17) is 11.6 Å². The fourth-order valence-electron chi connectivity index (χ4n) is 2.88. The van der Waals surface area contributed by atoms with Crippen LogP contribution in [0.4, 0.5) is 8.78 Å². The lowest BCUT2D eigenvalue weighted by Gasteiger charge is -2.34. The molecule has 3 rings (SSSR count). The Kier molecular flexibility index (Phi) is 5.38. The molecule has 1 aliphatic rings. The molecule has 2 aromatic carbocycles. The van der Waals surface area contributed by atoms with Crippen molar-refractivity contribution in [3.05, 3.63) is 64.7 Å². The molecule has 0 atom stereocenters. The lowest BCUT2D eigenvalue weighted by molar-refractivity contribution is 0.181. The Hall–Kier alpha value is -1.54. The summed E-state index contributed by atoms with van der Waals surface area (Å²) in [4.78, 5) is 1.20. The largest absolute Gasteiger partial charge is 0.296 e. The van der Waals surface area contributed by atoms with Crippen LogP contribution in [0.25, 0.3) is 0 Å². The summed E-state index contributed by atoms with van der Waals surface area (Å²) >= 11 is 5.97. The van der Waals surface area contributed by atoms with Gasteiger partial charge in [-0.05, 0) is 29.8 Å². The van der Waals surface area contributed by atoms with Crippen LogP contribution in [0.2, 0.25) is 5.02 Å². The molecule has 1 aliphatic heterocycles. The zero-order valence-corrected chi connectivity index (χ0v) is 14.9. The average molecular weight is 387 g/mol. The molecule has 0 radical (unpaired) electrons. The maximum absolute atomic E-state index is 13.8. The Morgan fingerprint density at radius 3 is 2.16 bits per heavy atom. The molecule has 134 valence electrons. The first kappa shape index (κ1) is 18.3. The predicted molar refractivity (Wildman–Crippen MR) is 91.8 cm³/mol. The third-order valence-corrected chi connectivity index (χ3v) is 6.33. The van der Waals surface area contributed by atoms with Crippen LogP contribution in [0.3, 0.4) is 0 Å². The lowest BCUT2D eigenvalue weighted by atomic mass is 10.2. The third kappa shape index (κ3) is 4.00. The summed E-state index contributed by atoms with van der Waals surface area (Å²) in [6, 6.07) is 10.5. The van der Waals surface area contributed by atoms with E-state index in [1.807, 2.05) is 18.2 Å². The zero-order valence-electron chi connectivity index (χ0n) is 13.3. The van der Waals surface area contributed by atoms with Crippen molar-refractivity contribution in [3.63, 3.8) is 0 Å². The Bertz CT molecular complexity index is 848. The molecular weight excluding hydrogens is 370 g/mol. The lowest BCUT2D eigenvalue weighted by Crippen LogP contribution is -2.48. The van der Waals surface area contributed by atoms with Gasteiger partial charge in [0.05, 0.1) is 0 Å². The molecule has 0 bridgehead atoms. The van der Waals surface area contributed by atoms with Crippen molar-refractivity contribution in [3.8, 4) is 0 Å². The topological polar surface area (TPSA) is 40.6 Å². The van der Waals surface area contributed by atoms with Gasteiger partial charge in [-0.3, -0.25) is 4.90 Å². The Morgan fingerprint density at radius 2 is 1.56 bits per heavy atom. The molecule has 1 heterocycles. The minimum Gasteiger partial charge on any atom is -0.296 e. The van der Waals surface area contributed by atoms with E-state index in [1.165, 1.54) is 0 Å². The van der Waals surface area contributed by atoms with Gasteiger partial charge >= 0.3 is 0 Å². The summed E-state index contributed by atoms with van der Waals surface area (Å²) in [6.07, 6.45) is 0. The fourth-order valence-corrected chi connectivity index (χ4v) is 4.62. The molecule has 25 heavy (non-hydrogen) atoms. The highest BCUT2D eigenvalue weighted by molar-refractivity contribution is 7.89. The molecule has 0 aliphatic carbocycles. The van der Waals surface area contributed by atoms with Crippen molar-refractivity contribution >= 4 is 21.6 Å². The van der Waals surface area contributed by atoms with Crippen molar-refractivity contribution in [2.75, 3.05) is 26.2 Å². The van der Waals surface area contributed by atoms with E-state index in [9.17, 15) is 17.2 Å². The molecule has 1 saturated heterocycles. The first-order valence-corrected chi connectivity index (χ1v) is 9.61. The zero-order chi connectivity index (χ0) is 18.0. The first-order chi connectivity index (χ1) is 11.9. The van der Waals surface area contributed by atoms with Gasteiger partial charge in [0.15, 0.2) is 4.90 Å². The summed E-state index contributed by atoms with van der Waals surface area (Å²) < 4.78 is 53.9. The Balaban J connectivity index is 1.69. The highest BCUT2D eigenvalue weighted by Gasteiger charge is 2.33. The summed E-state index contributed by atoms with van der Waals surface area (Å²) in [6.45, 7) is 1.94. The maximum Gasteiger partial charge on any atom is 0.249 e. The van der Waals surface area contributed by atoms with Crippen molar-refractivity contribution < 1.29 is 17.2 Å². The number of nitrogens with zero attached hydrogens (tertiary/aromatic N) is 2. The van der Waals surface area contributed by atoms with Gasteiger partial charge in [0.1, 0.15) is 11.6 Å². The van der Waals surface area contributed by atoms with Crippen LogP contribution in [0.15, 0.2) is 47.4 Å². The number of rotatable bonds is 4. The highest BCUT2D eigenvalue weighted by Crippen LogP contribution is 2.24. The minimum atomic E-state index is -4.19. The molecule has 0 aromatic heterocycles. The normalized spacial score (nSPS) is 16.9. The second-order valence-electron chi connectivity index (χ2n) is 5.86. The van der Waals surface area contributed by atoms with Crippen LogP contribution >= 0.6 is 11.6 Å². The van der Waals surface area contributed by atoms with Crippen molar-refractivity contribution in [1.82, 2.24) is 9.21 Å². The van der Waals surface area contributed by atoms with Gasteiger partial charge in [0, 0.05) is 37.7 Å². The second kappa shape index (κ2) is 7.37. The van der Waals surface area contributed by atoms with Crippen LogP contribution in [-0.2, 0) is 16.6 Å². The highest BCUT2D eigenvalue weighted by atomic mass is 35.5. The standard InChI is InChI=1S/C17H17ClF2N2O2S/c18-14-4-1-3-13(11-14)12-21-7-9-22(10-8-21)25(23,24)17-15(19)5-2-6-16(17)20/h1-6,11H,7-10,12H2. The van der Waals surface area contributed by atoms with Crippen LogP contribution in [0, 0.1) is 11.6 Å². The predicted octanol–water partition coefficient (Wildman–Crippen LogP) is 3.12. The van der Waals surface area contributed by atoms with E-state index in [0.717, 1.165) is 28.1 Å². The molecular formula is C17H17ClF2N2O2S. The fraction of sp³-hybridized carbons (Fsp3) is 0.294. The molecule has 8 heteroatoms. The Labute approximate surface area is 150 Å². The van der Waals surface area contributed by atoms with Gasteiger partial charge in [-0.2, -0.15) is 4.31 Å². The van der Waals surface area contributed by atoms with E-state index in [-0.39, 0.29) is 13.1 Å². The van der Waals surface area contributed by atoms with Crippen molar-refractivity contribution in [1.29, 1.82) is 0 Å². The molecule has 4 nitrogen and oxygen atoms in total. The van der Waals surface area contributed by atoms with Gasteiger partial charge in [-0.25, -0.2) is 17.2 Å². The van der Waals surface area contributed by atoms with Crippen molar-refractivity contribution in [2.24, 2.45) is 0 Å². The quantitative estimate of drug-likeness (QED) is 0.810. The number of sulfonamides is 1.